The number of imidazole rings is 1. The van der Waals surface area contributed by atoms with Crippen molar-refractivity contribution in [2.24, 2.45) is 0 Å². The van der Waals surface area contributed by atoms with Crippen LogP contribution >= 0.6 is 0 Å². The van der Waals surface area contributed by atoms with Gasteiger partial charge in [-0.05, 0) is 17.7 Å². The van der Waals surface area contributed by atoms with E-state index >= 15 is 0 Å². The van der Waals surface area contributed by atoms with Crippen LogP contribution in [0.25, 0.3) is 22.2 Å². The van der Waals surface area contributed by atoms with Crippen molar-refractivity contribution < 1.29 is 18.3 Å². The molecule has 0 radical (unpaired) electrons. The van der Waals surface area contributed by atoms with Crippen LogP contribution in [0.3, 0.4) is 0 Å². The zero-order valence-corrected chi connectivity index (χ0v) is 13.6. The standard InChI is InChI=1S/C20H14F2N2O2/c21-15-8-18-11(5-6-26-18)7-14(15)17(25)9-16-12-3-1-2-4-13(12)19-20(22)23-10-24(16)19/h1-8,10,16-17,25H,9H2. The number of halogens is 2. The van der Waals surface area contributed by atoms with Gasteiger partial charge in [0.25, 0.3) is 0 Å². The Morgan fingerprint density at radius 1 is 1.19 bits per heavy atom. The number of rotatable bonds is 3. The molecular formula is C20H14F2N2O2. The van der Waals surface area contributed by atoms with Crippen LogP contribution in [0.1, 0.15) is 29.7 Å². The molecule has 0 fully saturated rings. The van der Waals surface area contributed by atoms with Crippen LogP contribution in [-0.2, 0) is 0 Å². The Morgan fingerprint density at radius 2 is 2.04 bits per heavy atom. The second kappa shape index (κ2) is 5.51. The molecule has 0 bridgehead atoms. The molecule has 3 heterocycles. The fourth-order valence-corrected chi connectivity index (χ4v) is 3.81. The molecule has 1 aliphatic rings. The predicted octanol–water partition coefficient (Wildman–Crippen LogP) is 4.60. The lowest BCUT2D eigenvalue weighted by atomic mass is 9.95. The van der Waals surface area contributed by atoms with E-state index in [0.29, 0.717) is 11.3 Å². The maximum Gasteiger partial charge on any atom is 0.238 e. The number of furan rings is 1. The highest BCUT2D eigenvalue weighted by Crippen LogP contribution is 2.44. The van der Waals surface area contributed by atoms with Gasteiger partial charge in [-0.25, -0.2) is 9.37 Å². The summed E-state index contributed by atoms with van der Waals surface area (Å²) in [6, 6.07) is 11.7. The second-order valence-electron chi connectivity index (χ2n) is 6.48. The summed E-state index contributed by atoms with van der Waals surface area (Å²) in [4.78, 5) is 3.75. The number of hydrogen-bond donors (Lipinski definition) is 1. The number of fused-ring (bicyclic) bond motifs is 4. The lowest BCUT2D eigenvalue weighted by molar-refractivity contribution is 0.149. The molecule has 1 aliphatic heterocycles. The van der Waals surface area contributed by atoms with Crippen LogP contribution in [0, 0.1) is 11.8 Å². The minimum absolute atomic E-state index is 0.199. The third-order valence-electron chi connectivity index (χ3n) is 5.04. The monoisotopic (exact) mass is 352 g/mol. The van der Waals surface area contributed by atoms with E-state index in [1.807, 2.05) is 24.3 Å². The molecule has 0 spiro atoms. The van der Waals surface area contributed by atoms with Crippen LogP contribution in [-0.4, -0.2) is 14.7 Å². The van der Waals surface area contributed by atoms with E-state index < -0.39 is 17.9 Å². The van der Waals surface area contributed by atoms with E-state index in [4.69, 9.17) is 4.42 Å². The summed E-state index contributed by atoms with van der Waals surface area (Å²) in [6.45, 7) is 0. The molecule has 26 heavy (non-hydrogen) atoms. The summed E-state index contributed by atoms with van der Waals surface area (Å²) >= 11 is 0. The van der Waals surface area contributed by atoms with Gasteiger partial charge >= 0.3 is 0 Å². The van der Waals surface area contributed by atoms with E-state index in [0.717, 1.165) is 16.5 Å². The summed E-state index contributed by atoms with van der Waals surface area (Å²) < 4.78 is 35.4. The molecule has 5 rings (SSSR count). The number of aliphatic hydroxyl groups is 1. The van der Waals surface area contributed by atoms with Crippen LogP contribution in [0.4, 0.5) is 8.78 Å². The summed E-state index contributed by atoms with van der Waals surface area (Å²) in [6.07, 6.45) is 2.06. The molecule has 0 saturated heterocycles. The fourth-order valence-electron chi connectivity index (χ4n) is 3.81. The average Bonchev–Trinajstić information content (AvgIpc) is 3.31. The van der Waals surface area contributed by atoms with E-state index in [-0.39, 0.29) is 18.0 Å². The first-order valence-electron chi connectivity index (χ1n) is 8.30. The van der Waals surface area contributed by atoms with Gasteiger partial charge in [-0.1, -0.05) is 24.3 Å². The Hall–Kier alpha value is -2.99. The van der Waals surface area contributed by atoms with Gasteiger partial charge in [-0.15, -0.1) is 0 Å². The number of hydrogen-bond acceptors (Lipinski definition) is 3. The summed E-state index contributed by atoms with van der Waals surface area (Å²) in [5, 5.41) is 11.4. The van der Waals surface area contributed by atoms with Crippen molar-refractivity contribution in [1.82, 2.24) is 9.55 Å². The zero-order chi connectivity index (χ0) is 17.8. The quantitative estimate of drug-likeness (QED) is 0.586. The van der Waals surface area contributed by atoms with Crippen molar-refractivity contribution in [1.29, 1.82) is 0 Å². The van der Waals surface area contributed by atoms with Crippen molar-refractivity contribution >= 4 is 11.0 Å². The molecule has 4 aromatic rings. The Balaban J connectivity index is 1.55. The van der Waals surface area contributed by atoms with Crippen LogP contribution in [0.2, 0.25) is 0 Å². The highest BCUT2D eigenvalue weighted by Gasteiger charge is 2.33. The second-order valence-corrected chi connectivity index (χ2v) is 6.48. The number of nitrogens with zero attached hydrogens (tertiary/aromatic N) is 2. The molecule has 2 aromatic heterocycles. The topological polar surface area (TPSA) is 51.2 Å². The minimum atomic E-state index is -1.05. The third kappa shape index (κ3) is 2.12. The Morgan fingerprint density at radius 3 is 2.92 bits per heavy atom. The number of aromatic nitrogens is 2. The van der Waals surface area contributed by atoms with Crippen molar-refractivity contribution in [2.75, 3.05) is 0 Å². The molecule has 1 N–H and O–H groups in total. The molecule has 2 unspecified atom stereocenters. The van der Waals surface area contributed by atoms with E-state index in [9.17, 15) is 13.9 Å². The van der Waals surface area contributed by atoms with Gasteiger partial charge in [-0.3, -0.25) is 0 Å². The van der Waals surface area contributed by atoms with Crippen LogP contribution in [0.15, 0.2) is 59.5 Å². The lowest BCUT2D eigenvalue weighted by Crippen LogP contribution is -2.11. The van der Waals surface area contributed by atoms with Gasteiger partial charge in [-0.2, -0.15) is 4.39 Å². The SMILES string of the molecule is OC(CC1c2ccccc2-c2c(F)ncn21)c1cc2ccoc2cc1F. The molecule has 2 atom stereocenters. The predicted molar refractivity (Wildman–Crippen MR) is 91.5 cm³/mol. The van der Waals surface area contributed by atoms with E-state index in [1.54, 1.807) is 16.7 Å². The van der Waals surface area contributed by atoms with Gasteiger partial charge in [0, 0.05) is 29.0 Å². The maximum absolute atomic E-state index is 14.4. The highest BCUT2D eigenvalue weighted by molar-refractivity contribution is 5.78. The normalized spacial score (nSPS) is 16.7. The lowest BCUT2D eigenvalue weighted by Gasteiger charge is -2.19. The Labute approximate surface area is 147 Å². The van der Waals surface area contributed by atoms with Crippen LogP contribution in [0.5, 0.6) is 0 Å². The maximum atomic E-state index is 14.4. The Bertz CT molecular complexity index is 1130. The average molecular weight is 352 g/mol. The largest absolute Gasteiger partial charge is 0.464 e. The first-order valence-corrected chi connectivity index (χ1v) is 8.30. The summed E-state index contributed by atoms with van der Waals surface area (Å²) in [7, 11) is 0. The molecule has 0 amide bonds. The number of benzene rings is 2. The fraction of sp³-hybridized carbons (Fsp3) is 0.150. The molecule has 0 saturated carbocycles. The first-order chi connectivity index (χ1) is 12.6. The molecule has 2 aromatic carbocycles. The molecule has 130 valence electrons. The van der Waals surface area contributed by atoms with Gasteiger partial charge in [0.05, 0.1) is 24.7 Å². The van der Waals surface area contributed by atoms with Gasteiger partial charge in [0.2, 0.25) is 5.95 Å². The van der Waals surface area contributed by atoms with Gasteiger partial charge < -0.3 is 14.1 Å². The molecule has 4 nitrogen and oxygen atoms in total. The van der Waals surface area contributed by atoms with Gasteiger partial charge in [0.1, 0.15) is 17.1 Å². The smallest absolute Gasteiger partial charge is 0.238 e. The van der Waals surface area contributed by atoms with E-state index in [1.165, 1.54) is 18.7 Å². The minimum Gasteiger partial charge on any atom is -0.464 e. The first kappa shape index (κ1) is 15.3. The van der Waals surface area contributed by atoms with Crippen LogP contribution < -0.4 is 0 Å². The number of aliphatic hydroxyl groups excluding tert-OH is 1. The molecule has 0 aliphatic carbocycles. The van der Waals surface area contributed by atoms with Crippen molar-refractivity contribution in [3.63, 3.8) is 0 Å². The third-order valence-corrected chi connectivity index (χ3v) is 5.04. The Kier molecular flexibility index (Phi) is 3.24. The van der Waals surface area contributed by atoms with E-state index in [2.05, 4.69) is 4.98 Å². The highest BCUT2D eigenvalue weighted by atomic mass is 19.1. The molecular weight excluding hydrogens is 338 g/mol. The summed E-state index contributed by atoms with van der Waals surface area (Å²) in [5.41, 5.74) is 2.69. The zero-order valence-electron chi connectivity index (χ0n) is 13.6. The van der Waals surface area contributed by atoms with Crippen molar-refractivity contribution in [3.8, 4) is 11.3 Å². The van der Waals surface area contributed by atoms with Crippen molar-refractivity contribution in [3.05, 3.63) is 77.9 Å². The molecule has 6 heteroatoms. The summed E-state index contributed by atoms with van der Waals surface area (Å²) in [5.74, 6) is -1.07. The van der Waals surface area contributed by atoms with Crippen molar-refractivity contribution in [2.45, 2.75) is 18.6 Å². The van der Waals surface area contributed by atoms with Gasteiger partial charge in [0.15, 0.2) is 0 Å².